The Kier molecular flexibility index (Phi) is 6.27. The molecule has 0 N–H and O–H groups in total. The Morgan fingerprint density at radius 1 is 1.22 bits per heavy atom. The zero-order valence-corrected chi connectivity index (χ0v) is 16.9. The lowest BCUT2D eigenvalue weighted by molar-refractivity contribution is -0.131. The number of rotatable bonds is 6. The van der Waals surface area contributed by atoms with E-state index in [1.54, 1.807) is 6.92 Å². The fraction of sp³-hybridized carbons (Fsp3) is 0.478. The highest BCUT2D eigenvalue weighted by atomic mass is 16.2. The highest BCUT2D eigenvalue weighted by molar-refractivity contribution is 5.73. The lowest BCUT2D eigenvalue weighted by Crippen LogP contribution is -2.40. The van der Waals surface area contributed by atoms with E-state index in [9.17, 15) is 4.79 Å². The van der Waals surface area contributed by atoms with Crippen LogP contribution in [0.2, 0.25) is 0 Å². The van der Waals surface area contributed by atoms with Gasteiger partial charge in [-0.05, 0) is 49.4 Å². The highest BCUT2D eigenvalue weighted by Gasteiger charge is 2.36. The van der Waals surface area contributed by atoms with Crippen LogP contribution in [0.25, 0.3) is 0 Å². The molecule has 27 heavy (non-hydrogen) atoms. The summed E-state index contributed by atoms with van der Waals surface area (Å²) >= 11 is 0. The molecule has 144 valence electrons. The van der Waals surface area contributed by atoms with Crippen LogP contribution in [0.15, 0.2) is 48.8 Å². The third-order valence-electron chi connectivity index (χ3n) is 5.69. The van der Waals surface area contributed by atoms with Gasteiger partial charge in [0.2, 0.25) is 5.91 Å². The van der Waals surface area contributed by atoms with Crippen molar-refractivity contribution in [2.75, 3.05) is 19.6 Å². The van der Waals surface area contributed by atoms with Gasteiger partial charge in [-0.2, -0.15) is 0 Å². The average molecular weight is 366 g/mol. The topological polar surface area (TPSA) is 36.4 Å². The number of carbonyl (C=O) groups is 1. The minimum absolute atomic E-state index is 0.166. The minimum atomic E-state index is 0.166. The fourth-order valence-corrected chi connectivity index (χ4v) is 4.34. The van der Waals surface area contributed by atoms with Crippen molar-refractivity contribution in [1.29, 1.82) is 0 Å². The second-order valence-corrected chi connectivity index (χ2v) is 8.04. The Hall–Kier alpha value is -2.20. The monoisotopic (exact) mass is 365 g/mol. The molecule has 0 aliphatic carbocycles. The van der Waals surface area contributed by atoms with Crippen LogP contribution < -0.4 is 0 Å². The number of aromatic nitrogens is 1. The summed E-state index contributed by atoms with van der Waals surface area (Å²) in [5, 5.41) is 0. The molecule has 0 radical (unpaired) electrons. The van der Waals surface area contributed by atoms with Gasteiger partial charge in [0.05, 0.1) is 0 Å². The highest BCUT2D eigenvalue weighted by Crippen LogP contribution is 2.35. The van der Waals surface area contributed by atoms with Crippen LogP contribution in [0.1, 0.15) is 43.4 Å². The first-order valence-electron chi connectivity index (χ1n) is 9.89. The van der Waals surface area contributed by atoms with Crippen molar-refractivity contribution in [2.45, 2.75) is 46.2 Å². The molecule has 2 atom stereocenters. The van der Waals surface area contributed by atoms with Crippen molar-refractivity contribution in [3.63, 3.8) is 0 Å². The molecule has 2 aromatic rings. The first-order valence-corrected chi connectivity index (χ1v) is 9.89. The Balaban J connectivity index is 1.83. The molecule has 1 fully saturated rings. The number of aryl methyl sites for hydroxylation is 1. The maximum Gasteiger partial charge on any atom is 0.219 e. The third kappa shape index (κ3) is 4.75. The molecule has 2 unspecified atom stereocenters. The van der Waals surface area contributed by atoms with Gasteiger partial charge in [-0.25, -0.2) is 0 Å². The lowest BCUT2D eigenvalue weighted by atomic mass is 9.86. The smallest absolute Gasteiger partial charge is 0.219 e. The molecule has 1 amide bonds. The van der Waals surface area contributed by atoms with Gasteiger partial charge in [0.1, 0.15) is 0 Å². The fourth-order valence-electron chi connectivity index (χ4n) is 4.34. The summed E-state index contributed by atoms with van der Waals surface area (Å²) in [6.45, 7) is 11.8. The van der Waals surface area contributed by atoms with Crippen LogP contribution in [-0.2, 0) is 11.3 Å². The maximum absolute atomic E-state index is 12.2. The summed E-state index contributed by atoms with van der Waals surface area (Å²) in [6.07, 6.45) is 3.77. The number of nitrogens with zero attached hydrogens (tertiary/aromatic N) is 3. The number of pyridine rings is 1. The zero-order chi connectivity index (χ0) is 19.4. The van der Waals surface area contributed by atoms with Crippen LogP contribution in [0.3, 0.4) is 0 Å². The molecule has 2 heterocycles. The summed E-state index contributed by atoms with van der Waals surface area (Å²) in [4.78, 5) is 20.9. The first kappa shape index (κ1) is 19.6. The van der Waals surface area contributed by atoms with Gasteiger partial charge in [-0.15, -0.1) is 0 Å². The number of carbonyl (C=O) groups excluding carboxylic acids is 1. The van der Waals surface area contributed by atoms with Crippen LogP contribution in [-0.4, -0.2) is 46.4 Å². The van der Waals surface area contributed by atoms with Crippen molar-refractivity contribution in [1.82, 2.24) is 14.8 Å². The second kappa shape index (κ2) is 8.66. The molecule has 4 heteroatoms. The van der Waals surface area contributed by atoms with Crippen molar-refractivity contribution < 1.29 is 4.79 Å². The van der Waals surface area contributed by atoms with Crippen molar-refractivity contribution in [3.05, 3.63) is 65.5 Å². The number of benzene rings is 1. The number of hydrogen-bond acceptors (Lipinski definition) is 3. The number of amides is 1. The van der Waals surface area contributed by atoms with E-state index in [1.165, 1.54) is 16.7 Å². The van der Waals surface area contributed by atoms with E-state index in [0.29, 0.717) is 11.8 Å². The normalized spacial score (nSPS) is 20.2. The second-order valence-electron chi connectivity index (χ2n) is 8.04. The van der Waals surface area contributed by atoms with E-state index in [-0.39, 0.29) is 11.9 Å². The molecule has 0 spiro atoms. The van der Waals surface area contributed by atoms with Crippen molar-refractivity contribution >= 4 is 5.91 Å². The van der Waals surface area contributed by atoms with E-state index in [1.807, 2.05) is 23.4 Å². The Bertz CT molecular complexity index is 759. The standard InChI is InChI=1S/C23H31N3O/c1-17(2)26(19(4)27)15-21-14-25(13-20-9-7-11-24-12-20)16-23(21)22-10-6-5-8-18(22)3/h5-12,17,21,23H,13-16H2,1-4H3. The van der Waals surface area contributed by atoms with E-state index < -0.39 is 0 Å². The molecule has 1 aliphatic rings. The summed E-state index contributed by atoms with van der Waals surface area (Å²) in [7, 11) is 0. The molecule has 4 nitrogen and oxygen atoms in total. The van der Waals surface area contributed by atoms with E-state index in [4.69, 9.17) is 0 Å². The van der Waals surface area contributed by atoms with Crippen molar-refractivity contribution in [3.8, 4) is 0 Å². The van der Waals surface area contributed by atoms with Gasteiger partial charge < -0.3 is 4.90 Å². The molecule has 0 bridgehead atoms. The summed E-state index contributed by atoms with van der Waals surface area (Å²) < 4.78 is 0. The van der Waals surface area contributed by atoms with E-state index in [2.05, 4.69) is 61.0 Å². The van der Waals surface area contributed by atoms with Gasteiger partial charge in [0.25, 0.3) is 0 Å². The molecule has 0 saturated carbocycles. The average Bonchev–Trinajstić information content (AvgIpc) is 3.02. The van der Waals surface area contributed by atoms with Gasteiger partial charge in [-0.3, -0.25) is 14.7 Å². The Morgan fingerprint density at radius 3 is 2.63 bits per heavy atom. The van der Waals surface area contributed by atoms with Crippen LogP contribution in [0.5, 0.6) is 0 Å². The minimum Gasteiger partial charge on any atom is -0.340 e. The number of hydrogen-bond donors (Lipinski definition) is 0. The molecule has 3 rings (SSSR count). The molecule has 1 aliphatic heterocycles. The Morgan fingerprint density at radius 2 is 2.00 bits per heavy atom. The van der Waals surface area contributed by atoms with Crippen LogP contribution >= 0.6 is 0 Å². The first-order chi connectivity index (χ1) is 13.0. The van der Waals surface area contributed by atoms with Crippen LogP contribution in [0, 0.1) is 12.8 Å². The molecule has 1 aromatic carbocycles. The quantitative estimate of drug-likeness (QED) is 0.780. The summed E-state index contributed by atoms with van der Waals surface area (Å²) in [6, 6.07) is 13.1. The van der Waals surface area contributed by atoms with Crippen LogP contribution in [0.4, 0.5) is 0 Å². The SMILES string of the molecule is CC(=O)N(CC1CN(Cc2cccnc2)CC1c1ccccc1C)C(C)C. The van der Waals surface area contributed by atoms with E-state index in [0.717, 1.165) is 26.2 Å². The Labute approximate surface area is 163 Å². The van der Waals surface area contributed by atoms with Crippen molar-refractivity contribution in [2.24, 2.45) is 5.92 Å². The maximum atomic E-state index is 12.2. The predicted octanol–water partition coefficient (Wildman–Crippen LogP) is 3.86. The largest absolute Gasteiger partial charge is 0.340 e. The predicted molar refractivity (Wildman–Crippen MR) is 109 cm³/mol. The number of likely N-dealkylation sites (tertiary alicyclic amines) is 1. The van der Waals surface area contributed by atoms with Gasteiger partial charge in [0, 0.05) is 57.5 Å². The summed E-state index contributed by atoms with van der Waals surface area (Å²) in [5.41, 5.74) is 4.01. The molecule has 1 saturated heterocycles. The zero-order valence-electron chi connectivity index (χ0n) is 16.9. The molecular weight excluding hydrogens is 334 g/mol. The summed E-state index contributed by atoms with van der Waals surface area (Å²) in [5.74, 6) is 1.05. The van der Waals surface area contributed by atoms with E-state index >= 15 is 0 Å². The van der Waals surface area contributed by atoms with Gasteiger partial charge in [-0.1, -0.05) is 30.3 Å². The third-order valence-corrected chi connectivity index (χ3v) is 5.69. The molecular formula is C23H31N3O. The van der Waals surface area contributed by atoms with Gasteiger partial charge >= 0.3 is 0 Å². The van der Waals surface area contributed by atoms with Gasteiger partial charge in [0.15, 0.2) is 0 Å². The lowest BCUT2D eigenvalue weighted by Gasteiger charge is -2.31. The molecule has 1 aromatic heterocycles.